The van der Waals surface area contributed by atoms with Crippen LogP contribution in [0.15, 0.2) is 41.1 Å². The molecule has 1 heterocycles. The highest BCUT2D eigenvalue weighted by Gasteiger charge is 2.21. The average molecular weight is 271 g/mol. The molecule has 0 fully saturated rings. The first kappa shape index (κ1) is 12.4. The molecule has 3 heteroatoms. The molecule has 1 atom stereocenters. The highest BCUT2D eigenvalue weighted by Crippen LogP contribution is 2.29. The highest BCUT2D eigenvalue weighted by molar-refractivity contribution is 7.07. The van der Waals surface area contributed by atoms with E-state index < -0.39 is 0 Å². The molecule has 1 aliphatic rings. The summed E-state index contributed by atoms with van der Waals surface area (Å²) in [5.41, 5.74) is 3.79. The van der Waals surface area contributed by atoms with Crippen molar-refractivity contribution in [2.45, 2.75) is 31.7 Å². The second kappa shape index (κ2) is 5.57. The largest absolute Gasteiger partial charge is 0.349 e. The summed E-state index contributed by atoms with van der Waals surface area (Å²) in [7, 11) is 0. The molecule has 1 aromatic carbocycles. The van der Waals surface area contributed by atoms with Crippen LogP contribution in [0.3, 0.4) is 0 Å². The molecule has 19 heavy (non-hydrogen) atoms. The van der Waals surface area contributed by atoms with E-state index in [0.29, 0.717) is 6.42 Å². The summed E-state index contributed by atoms with van der Waals surface area (Å²) in [5.74, 6) is 0.125. The number of nitrogens with one attached hydrogen (secondary N) is 1. The maximum absolute atomic E-state index is 12.1. The van der Waals surface area contributed by atoms with Crippen molar-refractivity contribution in [2.75, 3.05) is 0 Å². The molecule has 0 bridgehead atoms. The number of thiophene rings is 1. The summed E-state index contributed by atoms with van der Waals surface area (Å²) in [5, 5.41) is 7.23. The topological polar surface area (TPSA) is 29.1 Å². The van der Waals surface area contributed by atoms with Gasteiger partial charge in [-0.25, -0.2) is 0 Å². The number of aryl methyl sites for hydroxylation is 1. The molecule has 3 rings (SSSR count). The highest BCUT2D eigenvalue weighted by atomic mass is 32.1. The third-order valence-electron chi connectivity index (χ3n) is 3.65. The molecule has 1 amide bonds. The third-order valence-corrected chi connectivity index (χ3v) is 4.38. The van der Waals surface area contributed by atoms with Crippen LogP contribution in [-0.2, 0) is 17.6 Å². The second-order valence-corrected chi connectivity index (χ2v) is 5.80. The molecule has 0 unspecified atom stereocenters. The Morgan fingerprint density at radius 1 is 1.32 bits per heavy atom. The minimum Gasteiger partial charge on any atom is -0.349 e. The normalized spacial score (nSPS) is 17.8. The summed E-state index contributed by atoms with van der Waals surface area (Å²) in [4.78, 5) is 12.1. The van der Waals surface area contributed by atoms with Crippen LogP contribution in [0.2, 0.25) is 0 Å². The van der Waals surface area contributed by atoms with E-state index in [2.05, 4.69) is 29.6 Å². The number of benzene rings is 1. The molecule has 0 spiro atoms. The standard InChI is InChI=1S/C16H17NOS/c18-16(10-12-8-9-19-11-12)17-15-7-3-5-13-4-1-2-6-14(13)15/h1-2,4,6,8-9,11,15H,3,5,7,10H2,(H,17,18)/t15-/m1/s1. The molecule has 0 saturated heterocycles. The Morgan fingerprint density at radius 3 is 3.05 bits per heavy atom. The zero-order valence-electron chi connectivity index (χ0n) is 10.8. The fourth-order valence-corrected chi connectivity index (χ4v) is 3.40. The van der Waals surface area contributed by atoms with Crippen LogP contribution in [0.25, 0.3) is 0 Å². The minimum absolute atomic E-state index is 0.125. The van der Waals surface area contributed by atoms with Gasteiger partial charge in [-0.05, 0) is 52.8 Å². The zero-order valence-corrected chi connectivity index (χ0v) is 11.6. The number of fused-ring (bicyclic) bond motifs is 1. The van der Waals surface area contributed by atoms with Crippen LogP contribution in [-0.4, -0.2) is 5.91 Å². The van der Waals surface area contributed by atoms with E-state index in [1.807, 2.05) is 16.8 Å². The maximum Gasteiger partial charge on any atom is 0.224 e. The Kier molecular flexibility index (Phi) is 3.65. The van der Waals surface area contributed by atoms with Gasteiger partial charge >= 0.3 is 0 Å². The van der Waals surface area contributed by atoms with Gasteiger partial charge in [0.05, 0.1) is 12.5 Å². The van der Waals surface area contributed by atoms with E-state index in [4.69, 9.17) is 0 Å². The molecule has 0 radical (unpaired) electrons. The van der Waals surface area contributed by atoms with Gasteiger partial charge in [-0.3, -0.25) is 4.79 Å². The summed E-state index contributed by atoms with van der Waals surface area (Å²) >= 11 is 1.64. The molecule has 98 valence electrons. The van der Waals surface area contributed by atoms with Gasteiger partial charge in [0.25, 0.3) is 0 Å². The third kappa shape index (κ3) is 2.87. The van der Waals surface area contributed by atoms with Crippen LogP contribution in [0.5, 0.6) is 0 Å². The van der Waals surface area contributed by atoms with Crippen LogP contribution < -0.4 is 5.32 Å². The molecule has 0 saturated carbocycles. The first-order valence-electron chi connectivity index (χ1n) is 6.71. The molecule has 1 aliphatic carbocycles. The number of hydrogen-bond acceptors (Lipinski definition) is 2. The molecular weight excluding hydrogens is 254 g/mol. The van der Waals surface area contributed by atoms with Crippen LogP contribution in [0.4, 0.5) is 0 Å². The maximum atomic E-state index is 12.1. The molecule has 2 aromatic rings. The van der Waals surface area contributed by atoms with Crippen LogP contribution in [0, 0.1) is 0 Å². The van der Waals surface area contributed by atoms with Crippen molar-refractivity contribution in [3.63, 3.8) is 0 Å². The Morgan fingerprint density at radius 2 is 2.21 bits per heavy atom. The van der Waals surface area contributed by atoms with Crippen molar-refractivity contribution in [1.29, 1.82) is 0 Å². The predicted molar refractivity (Wildman–Crippen MR) is 78.3 cm³/mol. The fourth-order valence-electron chi connectivity index (χ4n) is 2.73. The lowest BCUT2D eigenvalue weighted by atomic mass is 9.87. The summed E-state index contributed by atoms with van der Waals surface area (Å²) in [6, 6.07) is 10.7. The van der Waals surface area contributed by atoms with E-state index in [1.54, 1.807) is 11.3 Å². The summed E-state index contributed by atoms with van der Waals surface area (Å²) < 4.78 is 0. The van der Waals surface area contributed by atoms with Crippen molar-refractivity contribution < 1.29 is 4.79 Å². The van der Waals surface area contributed by atoms with Gasteiger partial charge in [0.15, 0.2) is 0 Å². The van der Waals surface area contributed by atoms with Crippen molar-refractivity contribution in [2.24, 2.45) is 0 Å². The van der Waals surface area contributed by atoms with Gasteiger partial charge in [-0.1, -0.05) is 24.3 Å². The Hall–Kier alpha value is -1.61. The van der Waals surface area contributed by atoms with E-state index in [-0.39, 0.29) is 11.9 Å². The Labute approximate surface area is 117 Å². The molecule has 0 aliphatic heterocycles. The van der Waals surface area contributed by atoms with Gasteiger partial charge in [-0.2, -0.15) is 11.3 Å². The van der Waals surface area contributed by atoms with Crippen molar-refractivity contribution in [3.8, 4) is 0 Å². The van der Waals surface area contributed by atoms with Crippen LogP contribution in [0.1, 0.15) is 35.6 Å². The lowest BCUT2D eigenvalue weighted by Gasteiger charge is -2.26. The number of amides is 1. The smallest absolute Gasteiger partial charge is 0.224 e. The Bertz CT molecular complexity index is 562. The van der Waals surface area contributed by atoms with Crippen LogP contribution >= 0.6 is 11.3 Å². The van der Waals surface area contributed by atoms with E-state index >= 15 is 0 Å². The van der Waals surface area contributed by atoms with Gasteiger partial charge < -0.3 is 5.32 Å². The van der Waals surface area contributed by atoms with E-state index in [9.17, 15) is 4.79 Å². The Balaban J connectivity index is 1.69. The SMILES string of the molecule is O=C(Cc1ccsc1)N[C@@H]1CCCc2ccccc21. The van der Waals surface area contributed by atoms with Crippen molar-refractivity contribution in [3.05, 3.63) is 57.8 Å². The fraction of sp³-hybridized carbons (Fsp3) is 0.312. The van der Waals surface area contributed by atoms with Crippen molar-refractivity contribution in [1.82, 2.24) is 5.32 Å². The predicted octanol–water partition coefficient (Wildman–Crippen LogP) is 3.48. The zero-order chi connectivity index (χ0) is 13.1. The first-order valence-corrected chi connectivity index (χ1v) is 7.65. The molecule has 2 nitrogen and oxygen atoms in total. The quantitative estimate of drug-likeness (QED) is 0.909. The lowest BCUT2D eigenvalue weighted by Crippen LogP contribution is -2.31. The van der Waals surface area contributed by atoms with E-state index in [1.165, 1.54) is 11.1 Å². The monoisotopic (exact) mass is 271 g/mol. The summed E-state index contributed by atoms with van der Waals surface area (Å²) in [6.07, 6.45) is 3.82. The minimum atomic E-state index is 0.125. The van der Waals surface area contributed by atoms with Crippen molar-refractivity contribution >= 4 is 17.2 Å². The average Bonchev–Trinajstić information content (AvgIpc) is 2.92. The molecule has 1 N–H and O–H groups in total. The number of carbonyl (C=O) groups excluding carboxylic acids is 1. The molecule has 1 aromatic heterocycles. The van der Waals surface area contributed by atoms with Gasteiger partial charge in [0, 0.05) is 0 Å². The summed E-state index contributed by atoms with van der Waals surface area (Å²) in [6.45, 7) is 0. The number of carbonyl (C=O) groups is 1. The van der Waals surface area contributed by atoms with Gasteiger partial charge in [0.1, 0.15) is 0 Å². The van der Waals surface area contributed by atoms with Gasteiger partial charge in [0.2, 0.25) is 5.91 Å². The van der Waals surface area contributed by atoms with E-state index in [0.717, 1.165) is 24.8 Å². The number of hydrogen-bond donors (Lipinski definition) is 1. The number of rotatable bonds is 3. The first-order chi connectivity index (χ1) is 9.33. The molecular formula is C16H17NOS. The second-order valence-electron chi connectivity index (χ2n) is 5.02. The lowest BCUT2D eigenvalue weighted by molar-refractivity contribution is -0.121. The van der Waals surface area contributed by atoms with Gasteiger partial charge in [-0.15, -0.1) is 0 Å².